The second-order valence-corrected chi connectivity index (χ2v) is 10.3. The molecule has 1 heterocycles. The maximum absolute atomic E-state index is 12.8. The van der Waals surface area contributed by atoms with Gasteiger partial charge in [0.1, 0.15) is 9.46 Å². The zero-order valence-electron chi connectivity index (χ0n) is 12.7. The van der Waals surface area contributed by atoms with E-state index in [9.17, 15) is 16.8 Å². The molecule has 8 heteroatoms. The van der Waals surface area contributed by atoms with E-state index in [0.717, 1.165) is 11.3 Å². The fourth-order valence-electron chi connectivity index (χ4n) is 2.18. The number of benzene rings is 1. The van der Waals surface area contributed by atoms with E-state index in [1.807, 2.05) is 0 Å². The number of hydrogen-bond donors (Lipinski definition) is 1. The molecule has 1 aromatic carbocycles. The van der Waals surface area contributed by atoms with Crippen LogP contribution >= 0.6 is 11.3 Å². The van der Waals surface area contributed by atoms with Crippen LogP contribution in [0.15, 0.2) is 52.1 Å². The summed E-state index contributed by atoms with van der Waals surface area (Å²) < 4.78 is 52.1. The lowest BCUT2D eigenvalue weighted by atomic mass is 10.1. The summed E-state index contributed by atoms with van der Waals surface area (Å²) in [5.41, 5.74) is 0.570. The van der Waals surface area contributed by atoms with Crippen molar-refractivity contribution in [1.82, 2.24) is 4.72 Å². The van der Waals surface area contributed by atoms with Crippen LogP contribution in [0, 0.1) is 0 Å². The van der Waals surface area contributed by atoms with Crippen LogP contribution < -0.4 is 4.72 Å². The Bertz CT molecular complexity index is 813. The van der Waals surface area contributed by atoms with Gasteiger partial charge in [-0.15, -0.1) is 11.3 Å². The molecule has 0 aliphatic heterocycles. The van der Waals surface area contributed by atoms with Gasteiger partial charge >= 0.3 is 0 Å². The fourth-order valence-corrected chi connectivity index (χ4v) is 6.26. The van der Waals surface area contributed by atoms with Crippen molar-refractivity contribution in [3.05, 3.63) is 53.4 Å². The maximum atomic E-state index is 12.8. The lowest BCUT2D eigenvalue weighted by Crippen LogP contribution is -2.33. The highest BCUT2D eigenvalue weighted by Gasteiger charge is 2.30. The zero-order valence-corrected chi connectivity index (χ0v) is 15.1. The molecule has 0 fully saturated rings. The Kier molecular flexibility index (Phi) is 5.96. The first kappa shape index (κ1) is 18.1. The van der Waals surface area contributed by atoms with Gasteiger partial charge in [0.2, 0.25) is 10.0 Å². The highest BCUT2D eigenvalue weighted by Crippen LogP contribution is 2.31. The maximum Gasteiger partial charge on any atom is 0.211 e. The first-order chi connectivity index (χ1) is 10.9. The Morgan fingerprint density at radius 3 is 2.30 bits per heavy atom. The van der Waals surface area contributed by atoms with Crippen LogP contribution in [-0.2, 0) is 19.9 Å². The van der Waals surface area contributed by atoms with Crippen molar-refractivity contribution in [3.63, 3.8) is 0 Å². The van der Waals surface area contributed by atoms with E-state index in [1.54, 1.807) is 48.7 Å². The minimum atomic E-state index is -3.66. The van der Waals surface area contributed by atoms with E-state index < -0.39 is 25.1 Å². The molecule has 0 bridgehead atoms. The first-order valence-electron chi connectivity index (χ1n) is 7.16. The molecule has 126 valence electrons. The average molecular weight is 374 g/mol. The molecule has 1 aromatic heterocycles. The molecule has 5 nitrogen and oxygen atoms in total. The number of thiophene rings is 1. The number of sulfone groups is 1. The summed E-state index contributed by atoms with van der Waals surface area (Å²) in [6, 6.07) is 11.9. The smallest absolute Gasteiger partial charge is 0.211 e. The highest BCUT2D eigenvalue weighted by molar-refractivity contribution is 7.93. The minimum absolute atomic E-state index is 0.0203. The lowest BCUT2D eigenvalue weighted by Gasteiger charge is -2.18. The van der Waals surface area contributed by atoms with Gasteiger partial charge < -0.3 is 0 Å². The van der Waals surface area contributed by atoms with Gasteiger partial charge in [0.25, 0.3) is 0 Å². The van der Waals surface area contributed by atoms with Crippen molar-refractivity contribution in [3.8, 4) is 0 Å². The van der Waals surface area contributed by atoms with Crippen molar-refractivity contribution < 1.29 is 16.8 Å². The Labute approximate surface area is 141 Å². The van der Waals surface area contributed by atoms with Crippen LogP contribution in [0.3, 0.4) is 0 Å². The lowest BCUT2D eigenvalue weighted by molar-refractivity contribution is 0.569. The predicted molar refractivity (Wildman–Crippen MR) is 92.8 cm³/mol. The van der Waals surface area contributed by atoms with Crippen molar-refractivity contribution in [2.75, 3.05) is 12.3 Å². The summed E-state index contributed by atoms with van der Waals surface area (Å²) in [7, 11) is -7.13. The molecule has 0 aliphatic carbocycles. The summed E-state index contributed by atoms with van der Waals surface area (Å²) in [5.74, 6) is -0.0203. The van der Waals surface area contributed by atoms with Crippen LogP contribution in [0.25, 0.3) is 0 Å². The van der Waals surface area contributed by atoms with Gasteiger partial charge in [0, 0.05) is 6.54 Å². The molecule has 0 aliphatic rings. The second-order valence-electron chi connectivity index (χ2n) is 5.04. The van der Waals surface area contributed by atoms with Gasteiger partial charge in [0.15, 0.2) is 9.84 Å². The van der Waals surface area contributed by atoms with E-state index >= 15 is 0 Å². The summed E-state index contributed by atoms with van der Waals surface area (Å²) in [6.07, 6.45) is 0.475. The second kappa shape index (κ2) is 7.57. The van der Waals surface area contributed by atoms with Crippen molar-refractivity contribution >= 4 is 31.2 Å². The predicted octanol–water partition coefficient (Wildman–Crippen LogP) is 2.59. The van der Waals surface area contributed by atoms with Crippen molar-refractivity contribution in [2.45, 2.75) is 22.8 Å². The van der Waals surface area contributed by atoms with Gasteiger partial charge in [-0.1, -0.05) is 43.3 Å². The molecule has 1 atom stereocenters. The van der Waals surface area contributed by atoms with Gasteiger partial charge in [0.05, 0.1) is 5.75 Å². The standard InChI is InChI=1S/C15H19NO4S3/c1-2-11-22(17,18)16-12-14(13-7-4-3-5-8-13)23(19,20)15-9-6-10-21-15/h3-10,14,16H,2,11-12H2,1H3/t14-/m1/s1. The number of sulfonamides is 1. The summed E-state index contributed by atoms with van der Waals surface area (Å²) in [5, 5.41) is 0.741. The Morgan fingerprint density at radius 2 is 1.74 bits per heavy atom. The molecule has 0 amide bonds. The normalized spacial score (nSPS) is 13.8. The molecule has 1 N–H and O–H groups in total. The van der Waals surface area contributed by atoms with Gasteiger partial charge in [-0.2, -0.15) is 0 Å². The SMILES string of the molecule is CCCS(=O)(=O)NC[C@H](c1ccccc1)S(=O)(=O)c1cccs1. The minimum Gasteiger partial charge on any atom is -0.222 e. The number of hydrogen-bond acceptors (Lipinski definition) is 5. The highest BCUT2D eigenvalue weighted by atomic mass is 32.2. The van der Waals surface area contributed by atoms with Gasteiger partial charge in [-0.05, 0) is 23.4 Å². The van der Waals surface area contributed by atoms with E-state index in [-0.39, 0.29) is 16.5 Å². The fraction of sp³-hybridized carbons (Fsp3) is 0.333. The Morgan fingerprint density at radius 1 is 1.04 bits per heavy atom. The van der Waals surface area contributed by atoms with E-state index in [4.69, 9.17) is 0 Å². The third-order valence-corrected chi connectivity index (χ3v) is 8.37. The van der Waals surface area contributed by atoms with Crippen LogP contribution in [-0.4, -0.2) is 29.1 Å². The molecular weight excluding hydrogens is 354 g/mol. The summed E-state index contributed by atoms with van der Waals surface area (Å²) in [6.45, 7) is 1.59. The summed E-state index contributed by atoms with van der Waals surface area (Å²) in [4.78, 5) is 0. The number of nitrogens with one attached hydrogen (secondary N) is 1. The first-order valence-corrected chi connectivity index (χ1v) is 11.2. The van der Waals surface area contributed by atoms with Crippen LogP contribution in [0.2, 0.25) is 0 Å². The van der Waals surface area contributed by atoms with Crippen molar-refractivity contribution in [1.29, 1.82) is 0 Å². The van der Waals surface area contributed by atoms with Crippen LogP contribution in [0.5, 0.6) is 0 Å². The zero-order chi connectivity index (χ0) is 16.9. The monoisotopic (exact) mass is 373 g/mol. The topological polar surface area (TPSA) is 80.3 Å². The third-order valence-electron chi connectivity index (χ3n) is 3.28. The molecule has 2 aromatic rings. The van der Waals surface area contributed by atoms with E-state index in [2.05, 4.69) is 4.72 Å². The largest absolute Gasteiger partial charge is 0.222 e. The molecular formula is C15H19NO4S3. The van der Waals surface area contributed by atoms with Crippen LogP contribution in [0.1, 0.15) is 24.2 Å². The molecule has 23 heavy (non-hydrogen) atoms. The molecule has 0 saturated heterocycles. The Hall–Kier alpha value is -1.22. The Balaban J connectivity index is 2.34. The van der Waals surface area contributed by atoms with E-state index in [1.165, 1.54) is 6.07 Å². The molecule has 2 rings (SSSR count). The molecule has 0 saturated carbocycles. The van der Waals surface area contributed by atoms with Gasteiger partial charge in [-0.3, -0.25) is 0 Å². The molecule has 0 radical (unpaired) electrons. The summed E-state index contributed by atoms with van der Waals surface area (Å²) >= 11 is 1.13. The average Bonchev–Trinajstić information content (AvgIpc) is 3.03. The quantitative estimate of drug-likeness (QED) is 0.771. The van der Waals surface area contributed by atoms with Crippen LogP contribution in [0.4, 0.5) is 0 Å². The van der Waals surface area contributed by atoms with Gasteiger partial charge in [-0.25, -0.2) is 21.6 Å². The van der Waals surface area contributed by atoms with Crippen molar-refractivity contribution in [2.24, 2.45) is 0 Å². The van der Waals surface area contributed by atoms with E-state index in [0.29, 0.717) is 12.0 Å². The number of rotatable bonds is 8. The molecule has 0 unspecified atom stereocenters. The molecule has 0 spiro atoms. The third kappa shape index (κ3) is 4.63.